The van der Waals surface area contributed by atoms with Gasteiger partial charge in [-0.15, -0.1) is 0 Å². The van der Waals surface area contributed by atoms with E-state index in [1.807, 2.05) is 13.8 Å². The third-order valence-electron chi connectivity index (χ3n) is 1.53. The van der Waals surface area contributed by atoms with E-state index in [2.05, 4.69) is 28.2 Å². The number of halogens is 1. The van der Waals surface area contributed by atoms with Gasteiger partial charge in [-0.1, -0.05) is 35.7 Å². The predicted octanol–water partition coefficient (Wildman–Crippen LogP) is 2.46. The monoisotopic (exact) mass is 235 g/mol. The molecule has 0 aliphatic heterocycles. The molecule has 0 aliphatic rings. The summed E-state index contributed by atoms with van der Waals surface area (Å²) in [5.74, 6) is 0.110. The van der Waals surface area contributed by atoms with E-state index >= 15 is 0 Å². The van der Waals surface area contributed by atoms with Crippen LogP contribution in [0.25, 0.3) is 0 Å². The number of amides is 1. The fraction of sp³-hybridized carbons (Fsp3) is 0.889. The zero-order valence-corrected chi connectivity index (χ0v) is 9.65. The summed E-state index contributed by atoms with van der Waals surface area (Å²) in [5, 5.41) is 2.87. The van der Waals surface area contributed by atoms with E-state index < -0.39 is 0 Å². The summed E-state index contributed by atoms with van der Waals surface area (Å²) in [6.45, 7) is 6.06. The van der Waals surface area contributed by atoms with Gasteiger partial charge in [0.25, 0.3) is 0 Å². The van der Waals surface area contributed by atoms with Crippen LogP contribution >= 0.6 is 15.9 Å². The van der Waals surface area contributed by atoms with Crippen LogP contribution in [0.1, 0.15) is 40.0 Å². The summed E-state index contributed by atoms with van der Waals surface area (Å²) in [6, 6.07) is 0.235. The van der Waals surface area contributed by atoms with Gasteiger partial charge < -0.3 is 5.32 Å². The van der Waals surface area contributed by atoms with Crippen LogP contribution in [-0.4, -0.2) is 16.8 Å². The van der Waals surface area contributed by atoms with Gasteiger partial charge in [-0.25, -0.2) is 0 Å². The van der Waals surface area contributed by atoms with Crippen molar-refractivity contribution < 1.29 is 4.79 Å². The maximum atomic E-state index is 11.3. The third kappa shape index (κ3) is 5.58. The Morgan fingerprint density at radius 3 is 2.50 bits per heavy atom. The van der Waals surface area contributed by atoms with Gasteiger partial charge in [0.1, 0.15) is 0 Å². The number of hydrogen-bond donors (Lipinski definition) is 1. The van der Waals surface area contributed by atoms with E-state index in [-0.39, 0.29) is 16.8 Å². The minimum absolute atomic E-state index is 0.0140. The maximum absolute atomic E-state index is 11.3. The van der Waals surface area contributed by atoms with Crippen LogP contribution in [0.2, 0.25) is 0 Å². The summed E-state index contributed by atoms with van der Waals surface area (Å²) in [6.07, 6.45) is 3.16. The average molecular weight is 236 g/mol. The number of alkyl halides is 1. The van der Waals surface area contributed by atoms with Crippen LogP contribution < -0.4 is 5.32 Å². The van der Waals surface area contributed by atoms with Crippen LogP contribution in [0, 0.1) is 0 Å². The van der Waals surface area contributed by atoms with Crippen molar-refractivity contribution in [3.05, 3.63) is 0 Å². The first-order valence-electron chi connectivity index (χ1n) is 4.52. The molecule has 0 heterocycles. The second-order valence-electron chi connectivity index (χ2n) is 3.27. The predicted molar refractivity (Wildman–Crippen MR) is 55.5 cm³/mol. The molecule has 0 spiro atoms. The Hall–Kier alpha value is -0.0500. The average Bonchev–Trinajstić information content (AvgIpc) is 1.98. The smallest absolute Gasteiger partial charge is 0.233 e. The van der Waals surface area contributed by atoms with Gasteiger partial charge in [-0.2, -0.15) is 0 Å². The van der Waals surface area contributed by atoms with Crippen molar-refractivity contribution in [3.8, 4) is 0 Å². The summed E-state index contributed by atoms with van der Waals surface area (Å²) in [5.41, 5.74) is 0. The van der Waals surface area contributed by atoms with Gasteiger partial charge in [0.15, 0.2) is 0 Å². The molecule has 1 unspecified atom stereocenters. The number of rotatable bonds is 5. The molecule has 0 aromatic rings. The normalized spacial score (nSPS) is 13.1. The Kier molecular flexibility index (Phi) is 6.44. The van der Waals surface area contributed by atoms with Gasteiger partial charge in [0.2, 0.25) is 5.91 Å². The molecule has 1 N–H and O–H groups in total. The van der Waals surface area contributed by atoms with Gasteiger partial charge in [-0.3, -0.25) is 4.79 Å². The summed E-state index contributed by atoms with van der Waals surface area (Å²) in [4.78, 5) is 11.3. The second kappa shape index (κ2) is 6.46. The highest BCUT2D eigenvalue weighted by atomic mass is 79.9. The molecule has 1 atom stereocenters. The molecule has 3 heteroatoms. The molecule has 0 aromatic carbocycles. The Labute approximate surface area is 83.2 Å². The van der Waals surface area contributed by atoms with Crippen LogP contribution in [0.3, 0.4) is 0 Å². The first kappa shape index (κ1) is 11.9. The van der Waals surface area contributed by atoms with Crippen molar-refractivity contribution in [1.82, 2.24) is 5.32 Å². The SMILES string of the molecule is CCCCC(Br)C(=O)NC(C)C. The van der Waals surface area contributed by atoms with Crippen molar-refractivity contribution >= 4 is 21.8 Å². The molecule has 2 nitrogen and oxygen atoms in total. The first-order chi connectivity index (χ1) is 5.57. The fourth-order valence-electron chi connectivity index (χ4n) is 0.889. The van der Waals surface area contributed by atoms with Crippen LogP contribution in [0.4, 0.5) is 0 Å². The molecule has 0 fully saturated rings. The Morgan fingerprint density at radius 2 is 2.08 bits per heavy atom. The van der Waals surface area contributed by atoms with E-state index in [1.165, 1.54) is 0 Å². The van der Waals surface area contributed by atoms with Gasteiger partial charge in [-0.05, 0) is 20.3 Å². The molecule has 0 bridgehead atoms. The zero-order chi connectivity index (χ0) is 9.56. The number of nitrogens with one attached hydrogen (secondary N) is 1. The topological polar surface area (TPSA) is 29.1 Å². The van der Waals surface area contributed by atoms with E-state index in [1.54, 1.807) is 0 Å². The van der Waals surface area contributed by atoms with Crippen LogP contribution in [-0.2, 0) is 4.79 Å². The lowest BCUT2D eigenvalue weighted by Crippen LogP contribution is -2.35. The third-order valence-corrected chi connectivity index (χ3v) is 2.40. The van der Waals surface area contributed by atoms with Gasteiger partial charge in [0.05, 0.1) is 4.83 Å². The molecular weight excluding hydrogens is 218 g/mol. The second-order valence-corrected chi connectivity index (χ2v) is 4.38. The number of carbonyl (C=O) groups excluding carboxylic acids is 1. The summed E-state index contributed by atoms with van der Waals surface area (Å²) >= 11 is 3.36. The molecule has 0 saturated heterocycles. The lowest BCUT2D eigenvalue weighted by Gasteiger charge is -2.12. The highest BCUT2D eigenvalue weighted by Gasteiger charge is 2.13. The lowest BCUT2D eigenvalue weighted by molar-refractivity contribution is -0.121. The number of carbonyl (C=O) groups is 1. The first-order valence-corrected chi connectivity index (χ1v) is 5.44. The van der Waals surface area contributed by atoms with E-state index in [9.17, 15) is 4.79 Å². The molecule has 72 valence electrons. The molecule has 0 aliphatic carbocycles. The number of unbranched alkanes of at least 4 members (excludes halogenated alkanes) is 1. The highest BCUT2D eigenvalue weighted by molar-refractivity contribution is 9.10. The van der Waals surface area contributed by atoms with Crippen molar-refractivity contribution in [3.63, 3.8) is 0 Å². The molecule has 0 aromatic heterocycles. The van der Waals surface area contributed by atoms with E-state index in [0.717, 1.165) is 19.3 Å². The van der Waals surface area contributed by atoms with E-state index in [4.69, 9.17) is 0 Å². The maximum Gasteiger partial charge on any atom is 0.233 e. The molecular formula is C9H18BrNO. The molecule has 1 amide bonds. The number of hydrogen-bond acceptors (Lipinski definition) is 1. The Bertz CT molecular complexity index is 136. The lowest BCUT2D eigenvalue weighted by atomic mass is 10.2. The van der Waals surface area contributed by atoms with Crippen molar-refractivity contribution in [2.24, 2.45) is 0 Å². The van der Waals surface area contributed by atoms with Gasteiger partial charge in [0, 0.05) is 6.04 Å². The van der Waals surface area contributed by atoms with Crippen molar-refractivity contribution in [1.29, 1.82) is 0 Å². The largest absolute Gasteiger partial charge is 0.353 e. The Morgan fingerprint density at radius 1 is 1.50 bits per heavy atom. The summed E-state index contributed by atoms with van der Waals surface area (Å²) < 4.78 is 0. The minimum Gasteiger partial charge on any atom is -0.353 e. The van der Waals surface area contributed by atoms with E-state index in [0.29, 0.717) is 0 Å². The minimum atomic E-state index is -0.0140. The zero-order valence-electron chi connectivity index (χ0n) is 8.06. The fourth-order valence-corrected chi connectivity index (χ4v) is 1.35. The molecule has 0 rings (SSSR count). The van der Waals surface area contributed by atoms with Crippen LogP contribution in [0.5, 0.6) is 0 Å². The summed E-state index contributed by atoms with van der Waals surface area (Å²) in [7, 11) is 0. The standard InChI is InChI=1S/C9H18BrNO/c1-4-5-6-8(10)9(12)11-7(2)3/h7-8H,4-6H2,1-3H3,(H,11,12). The molecule has 0 saturated carbocycles. The molecule has 0 radical (unpaired) electrons. The van der Waals surface area contributed by atoms with Crippen LogP contribution in [0.15, 0.2) is 0 Å². The molecule has 12 heavy (non-hydrogen) atoms. The highest BCUT2D eigenvalue weighted by Crippen LogP contribution is 2.09. The van der Waals surface area contributed by atoms with Crippen molar-refractivity contribution in [2.75, 3.05) is 0 Å². The van der Waals surface area contributed by atoms with Crippen molar-refractivity contribution in [2.45, 2.75) is 50.9 Å². The quantitative estimate of drug-likeness (QED) is 0.730. The Balaban J connectivity index is 3.61. The van der Waals surface area contributed by atoms with Gasteiger partial charge >= 0.3 is 0 Å².